The Morgan fingerprint density at radius 1 is 1.43 bits per heavy atom. The normalized spacial score (nSPS) is 12.4. The van der Waals surface area contributed by atoms with Crippen molar-refractivity contribution < 1.29 is 18.3 Å². The van der Waals surface area contributed by atoms with E-state index in [-0.39, 0.29) is 0 Å². The Labute approximate surface area is 84.2 Å². The molecular weight excluding hydrogens is 204 g/mol. The predicted octanol–water partition coefficient (Wildman–Crippen LogP) is 1.12. The zero-order chi connectivity index (χ0) is 10.6. The SMILES string of the molecule is Cc1ccc(S(=O)OCC(=O)O)cc1. The van der Waals surface area contributed by atoms with Crippen LogP contribution < -0.4 is 0 Å². The molecule has 0 saturated heterocycles. The third-order valence-electron chi connectivity index (χ3n) is 1.50. The number of carbonyl (C=O) groups is 1. The van der Waals surface area contributed by atoms with E-state index in [1.807, 2.05) is 6.92 Å². The van der Waals surface area contributed by atoms with Crippen LogP contribution in [0.2, 0.25) is 0 Å². The molecule has 0 aliphatic carbocycles. The molecule has 0 saturated carbocycles. The third kappa shape index (κ3) is 3.27. The lowest BCUT2D eigenvalue weighted by Crippen LogP contribution is -2.08. The maximum Gasteiger partial charge on any atom is 0.331 e. The molecule has 76 valence electrons. The first-order chi connectivity index (χ1) is 6.59. The van der Waals surface area contributed by atoms with Gasteiger partial charge in [-0.05, 0) is 19.1 Å². The fourth-order valence-electron chi connectivity index (χ4n) is 0.821. The number of hydrogen-bond donors (Lipinski definition) is 1. The molecule has 0 bridgehead atoms. The van der Waals surface area contributed by atoms with Gasteiger partial charge in [-0.3, -0.25) is 4.18 Å². The molecule has 1 aromatic carbocycles. The van der Waals surface area contributed by atoms with Crippen LogP contribution in [0.1, 0.15) is 5.56 Å². The molecule has 1 atom stereocenters. The molecule has 0 fully saturated rings. The summed E-state index contributed by atoms with van der Waals surface area (Å²) in [4.78, 5) is 10.6. The molecule has 5 heteroatoms. The summed E-state index contributed by atoms with van der Waals surface area (Å²) < 4.78 is 15.9. The quantitative estimate of drug-likeness (QED) is 0.815. The minimum atomic E-state index is -1.69. The van der Waals surface area contributed by atoms with Crippen molar-refractivity contribution in [3.63, 3.8) is 0 Å². The van der Waals surface area contributed by atoms with Crippen LogP contribution in [0.3, 0.4) is 0 Å². The van der Waals surface area contributed by atoms with Crippen molar-refractivity contribution in [2.45, 2.75) is 11.8 Å². The summed E-state index contributed by atoms with van der Waals surface area (Å²) in [5, 5.41) is 8.29. The zero-order valence-electron chi connectivity index (χ0n) is 7.60. The number of carboxylic acids is 1. The minimum absolute atomic E-state index is 0.469. The van der Waals surface area contributed by atoms with Crippen molar-refractivity contribution in [2.75, 3.05) is 6.61 Å². The Morgan fingerprint density at radius 3 is 2.50 bits per heavy atom. The lowest BCUT2D eigenvalue weighted by molar-refractivity contribution is -0.139. The minimum Gasteiger partial charge on any atom is -0.479 e. The number of hydrogen-bond acceptors (Lipinski definition) is 3. The number of benzene rings is 1. The van der Waals surface area contributed by atoms with Crippen LogP contribution >= 0.6 is 0 Å². The Morgan fingerprint density at radius 2 is 2.00 bits per heavy atom. The highest BCUT2D eigenvalue weighted by atomic mass is 32.2. The van der Waals surface area contributed by atoms with E-state index in [2.05, 4.69) is 4.18 Å². The summed E-state index contributed by atoms with van der Waals surface area (Å²) in [6.45, 7) is 1.35. The summed E-state index contributed by atoms with van der Waals surface area (Å²) >= 11 is -1.69. The monoisotopic (exact) mass is 214 g/mol. The van der Waals surface area contributed by atoms with Crippen LogP contribution in [0.4, 0.5) is 0 Å². The van der Waals surface area contributed by atoms with Gasteiger partial charge in [-0.25, -0.2) is 9.00 Å². The molecular formula is C9H10O4S. The fourth-order valence-corrected chi connectivity index (χ4v) is 1.52. The van der Waals surface area contributed by atoms with E-state index in [0.717, 1.165) is 5.56 Å². The summed E-state index contributed by atoms with van der Waals surface area (Å²) in [5.74, 6) is -1.13. The highest BCUT2D eigenvalue weighted by molar-refractivity contribution is 7.80. The first-order valence-corrected chi connectivity index (χ1v) is 5.00. The molecule has 0 radical (unpaired) electrons. The first kappa shape index (κ1) is 10.9. The number of carboxylic acid groups (broad SMARTS) is 1. The maximum absolute atomic E-state index is 11.3. The molecule has 0 aromatic heterocycles. The van der Waals surface area contributed by atoms with Gasteiger partial charge in [-0.1, -0.05) is 17.7 Å². The van der Waals surface area contributed by atoms with Crippen LogP contribution in [0.25, 0.3) is 0 Å². The fraction of sp³-hybridized carbons (Fsp3) is 0.222. The Bertz CT molecular complexity index is 344. The molecule has 1 aromatic rings. The Hall–Kier alpha value is -1.20. The number of rotatable bonds is 4. The largest absolute Gasteiger partial charge is 0.479 e. The summed E-state index contributed by atoms with van der Waals surface area (Å²) in [5.41, 5.74) is 1.05. The molecule has 0 aliphatic rings. The van der Waals surface area contributed by atoms with Crippen LogP contribution in [0, 0.1) is 6.92 Å². The van der Waals surface area contributed by atoms with Gasteiger partial charge in [0.2, 0.25) is 0 Å². The Kier molecular flexibility index (Phi) is 3.79. The molecule has 1 unspecified atom stereocenters. The lowest BCUT2D eigenvalue weighted by Gasteiger charge is -2.00. The lowest BCUT2D eigenvalue weighted by atomic mass is 10.2. The van der Waals surface area contributed by atoms with E-state index in [1.54, 1.807) is 24.3 Å². The van der Waals surface area contributed by atoms with Gasteiger partial charge in [0.05, 0.1) is 4.90 Å². The average Bonchev–Trinajstić information content (AvgIpc) is 2.15. The van der Waals surface area contributed by atoms with Gasteiger partial charge >= 0.3 is 5.97 Å². The van der Waals surface area contributed by atoms with E-state index < -0.39 is 23.7 Å². The zero-order valence-corrected chi connectivity index (χ0v) is 8.41. The van der Waals surface area contributed by atoms with Gasteiger partial charge in [0.1, 0.15) is 0 Å². The molecule has 4 nitrogen and oxygen atoms in total. The maximum atomic E-state index is 11.3. The summed E-state index contributed by atoms with van der Waals surface area (Å²) in [6, 6.07) is 6.87. The molecule has 0 amide bonds. The number of aliphatic carboxylic acids is 1. The molecule has 1 N–H and O–H groups in total. The van der Waals surface area contributed by atoms with Crippen LogP contribution in [-0.2, 0) is 20.1 Å². The van der Waals surface area contributed by atoms with Gasteiger partial charge < -0.3 is 5.11 Å². The molecule has 0 aliphatic heterocycles. The van der Waals surface area contributed by atoms with Crippen molar-refractivity contribution in [3.8, 4) is 0 Å². The van der Waals surface area contributed by atoms with Gasteiger partial charge in [-0.2, -0.15) is 0 Å². The van der Waals surface area contributed by atoms with E-state index in [1.165, 1.54) is 0 Å². The summed E-state index contributed by atoms with van der Waals surface area (Å²) in [6.07, 6.45) is 0. The van der Waals surface area contributed by atoms with E-state index in [9.17, 15) is 9.00 Å². The van der Waals surface area contributed by atoms with Crippen LogP contribution in [0.15, 0.2) is 29.2 Å². The number of aryl methyl sites for hydroxylation is 1. The highest BCUT2D eigenvalue weighted by Gasteiger charge is 2.06. The second-order valence-electron chi connectivity index (χ2n) is 2.70. The molecule has 0 heterocycles. The highest BCUT2D eigenvalue weighted by Crippen LogP contribution is 2.08. The van der Waals surface area contributed by atoms with Gasteiger partial charge in [0, 0.05) is 0 Å². The van der Waals surface area contributed by atoms with E-state index in [0.29, 0.717) is 4.90 Å². The van der Waals surface area contributed by atoms with Crippen molar-refractivity contribution in [2.24, 2.45) is 0 Å². The predicted molar refractivity (Wildman–Crippen MR) is 51.2 cm³/mol. The molecule has 14 heavy (non-hydrogen) atoms. The van der Waals surface area contributed by atoms with Crippen molar-refractivity contribution in [3.05, 3.63) is 29.8 Å². The van der Waals surface area contributed by atoms with Crippen molar-refractivity contribution >= 4 is 17.0 Å². The summed E-state index contributed by atoms with van der Waals surface area (Å²) in [7, 11) is 0. The van der Waals surface area contributed by atoms with Gasteiger partial charge in [-0.15, -0.1) is 0 Å². The van der Waals surface area contributed by atoms with Crippen molar-refractivity contribution in [1.82, 2.24) is 0 Å². The average molecular weight is 214 g/mol. The second-order valence-corrected chi connectivity index (χ2v) is 3.88. The second kappa shape index (κ2) is 4.88. The van der Waals surface area contributed by atoms with E-state index >= 15 is 0 Å². The molecule has 0 spiro atoms. The van der Waals surface area contributed by atoms with Gasteiger partial charge in [0.25, 0.3) is 0 Å². The Balaban J connectivity index is 2.61. The van der Waals surface area contributed by atoms with Crippen molar-refractivity contribution in [1.29, 1.82) is 0 Å². The standard InChI is InChI=1S/C9H10O4S/c1-7-2-4-8(5-3-7)14(12)13-6-9(10)11/h2-5H,6H2,1H3,(H,10,11). The van der Waals surface area contributed by atoms with Crippen LogP contribution in [-0.4, -0.2) is 21.9 Å². The molecule has 1 rings (SSSR count). The van der Waals surface area contributed by atoms with Crippen LogP contribution in [0.5, 0.6) is 0 Å². The first-order valence-electron chi connectivity index (χ1n) is 3.93. The van der Waals surface area contributed by atoms with E-state index in [4.69, 9.17) is 5.11 Å². The smallest absolute Gasteiger partial charge is 0.331 e. The third-order valence-corrected chi connectivity index (χ3v) is 2.49. The topological polar surface area (TPSA) is 63.6 Å². The van der Waals surface area contributed by atoms with Gasteiger partial charge in [0.15, 0.2) is 17.7 Å².